The fraction of sp³-hybridized carbons (Fsp3) is 0.368. The largest absolute Gasteiger partial charge is 0.416 e. The molecule has 0 aliphatic heterocycles. The van der Waals surface area contributed by atoms with Crippen molar-refractivity contribution in [2.75, 3.05) is 6.54 Å². The molecule has 4 heteroatoms. The Balaban J connectivity index is 2.35. The predicted molar refractivity (Wildman–Crippen MR) is 87.5 cm³/mol. The summed E-state index contributed by atoms with van der Waals surface area (Å²) in [6.45, 7) is 4.35. The number of benzene rings is 2. The molecule has 0 bridgehead atoms. The molecule has 0 saturated heterocycles. The van der Waals surface area contributed by atoms with Crippen LogP contribution >= 0.6 is 0 Å². The van der Waals surface area contributed by atoms with Gasteiger partial charge >= 0.3 is 6.18 Å². The molecule has 124 valence electrons. The Hall–Kier alpha value is -1.81. The molecule has 0 aliphatic rings. The molecule has 0 aliphatic carbocycles. The zero-order valence-electron chi connectivity index (χ0n) is 13.4. The van der Waals surface area contributed by atoms with Crippen LogP contribution in [0.1, 0.15) is 47.4 Å². The molecule has 2 aromatic rings. The van der Waals surface area contributed by atoms with Crippen molar-refractivity contribution in [1.82, 2.24) is 0 Å². The Bertz CT molecular complexity index is 635. The van der Waals surface area contributed by atoms with Gasteiger partial charge in [0.2, 0.25) is 0 Å². The molecule has 1 nitrogen and oxygen atoms in total. The number of nitrogens with two attached hydrogens (primary N) is 1. The van der Waals surface area contributed by atoms with Crippen molar-refractivity contribution in [3.05, 3.63) is 70.8 Å². The average Bonchev–Trinajstić information content (AvgIpc) is 2.52. The van der Waals surface area contributed by atoms with Crippen LogP contribution in [0.25, 0.3) is 0 Å². The van der Waals surface area contributed by atoms with Crippen LogP contribution in [0.4, 0.5) is 13.2 Å². The zero-order chi connectivity index (χ0) is 17.0. The van der Waals surface area contributed by atoms with Gasteiger partial charge in [0.05, 0.1) is 5.56 Å². The number of aryl methyl sites for hydroxylation is 1. The van der Waals surface area contributed by atoms with Crippen molar-refractivity contribution < 1.29 is 13.2 Å². The van der Waals surface area contributed by atoms with E-state index in [4.69, 9.17) is 5.73 Å². The summed E-state index contributed by atoms with van der Waals surface area (Å²) in [7, 11) is 0. The second-order valence-corrected chi connectivity index (χ2v) is 5.95. The topological polar surface area (TPSA) is 26.0 Å². The second kappa shape index (κ2) is 7.18. The van der Waals surface area contributed by atoms with Gasteiger partial charge in [-0.2, -0.15) is 13.2 Å². The van der Waals surface area contributed by atoms with E-state index in [1.165, 1.54) is 17.7 Å². The maximum atomic E-state index is 12.8. The standard InChI is InChI=1S/C19H22F3N/c1-13-12-16(19(20,21)22)8-9-17(13)14(2)18(10-11-23)15-6-4-3-5-7-15/h3-9,12,14,18H,10-11,23H2,1-2H3. The summed E-state index contributed by atoms with van der Waals surface area (Å²) in [5.41, 5.74) is 7.94. The summed E-state index contributed by atoms with van der Waals surface area (Å²) >= 11 is 0. The second-order valence-electron chi connectivity index (χ2n) is 5.95. The molecular weight excluding hydrogens is 299 g/mol. The lowest BCUT2D eigenvalue weighted by atomic mass is 9.79. The van der Waals surface area contributed by atoms with Gasteiger partial charge in [-0.15, -0.1) is 0 Å². The van der Waals surface area contributed by atoms with E-state index in [9.17, 15) is 13.2 Å². The third kappa shape index (κ3) is 4.14. The number of halogens is 3. The Morgan fingerprint density at radius 2 is 1.70 bits per heavy atom. The van der Waals surface area contributed by atoms with Crippen molar-refractivity contribution in [2.24, 2.45) is 5.73 Å². The minimum atomic E-state index is -4.30. The number of hydrogen-bond acceptors (Lipinski definition) is 1. The summed E-state index contributed by atoms with van der Waals surface area (Å²) in [4.78, 5) is 0. The molecule has 0 amide bonds. The van der Waals surface area contributed by atoms with Gasteiger partial charge in [0.25, 0.3) is 0 Å². The van der Waals surface area contributed by atoms with Gasteiger partial charge in [0, 0.05) is 0 Å². The first-order valence-corrected chi connectivity index (χ1v) is 7.77. The van der Waals surface area contributed by atoms with E-state index in [-0.39, 0.29) is 11.8 Å². The first-order valence-electron chi connectivity index (χ1n) is 7.77. The molecule has 2 atom stereocenters. The first-order chi connectivity index (χ1) is 10.8. The molecule has 2 aromatic carbocycles. The Labute approximate surface area is 135 Å². The molecule has 0 spiro atoms. The van der Waals surface area contributed by atoms with Gasteiger partial charge < -0.3 is 5.73 Å². The van der Waals surface area contributed by atoms with E-state index >= 15 is 0 Å². The number of hydrogen-bond donors (Lipinski definition) is 1. The lowest BCUT2D eigenvalue weighted by Gasteiger charge is -2.26. The van der Waals surface area contributed by atoms with E-state index in [1.807, 2.05) is 18.2 Å². The van der Waals surface area contributed by atoms with Crippen LogP contribution in [0.5, 0.6) is 0 Å². The van der Waals surface area contributed by atoms with Crippen molar-refractivity contribution in [1.29, 1.82) is 0 Å². The molecule has 2 rings (SSSR count). The zero-order valence-corrected chi connectivity index (χ0v) is 13.4. The van der Waals surface area contributed by atoms with E-state index in [0.29, 0.717) is 12.1 Å². The molecule has 0 aromatic heterocycles. The molecular formula is C19H22F3N. The van der Waals surface area contributed by atoms with Gasteiger partial charge in [-0.25, -0.2) is 0 Å². The monoisotopic (exact) mass is 321 g/mol. The summed E-state index contributed by atoms with van der Waals surface area (Å²) in [5, 5.41) is 0. The van der Waals surface area contributed by atoms with Crippen LogP contribution in [-0.4, -0.2) is 6.54 Å². The molecule has 0 radical (unpaired) electrons. The maximum Gasteiger partial charge on any atom is 0.416 e. The fourth-order valence-corrected chi connectivity index (χ4v) is 3.16. The summed E-state index contributed by atoms with van der Waals surface area (Å²) in [6.07, 6.45) is -3.51. The van der Waals surface area contributed by atoms with Crippen LogP contribution in [0.2, 0.25) is 0 Å². The quantitative estimate of drug-likeness (QED) is 0.799. The van der Waals surface area contributed by atoms with E-state index in [2.05, 4.69) is 19.1 Å². The predicted octanol–water partition coefficient (Wildman–Crippen LogP) is 5.25. The van der Waals surface area contributed by atoms with Gasteiger partial charge in [0.15, 0.2) is 0 Å². The summed E-state index contributed by atoms with van der Waals surface area (Å²) < 4.78 is 38.5. The van der Waals surface area contributed by atoms with Crippen LogP contribution in [-0.2, 0) is 6.18 Å². The molecule has 2 unspecified atom stereocenters. The lowest BCUT2D eigenvalue weighted by molar-refractivity contribution is -0.137. The van der Waals surface area contributed by atoms with Gasteiger partial charge in [0.1, 0.15) is 0 Å². The molecule has 0 heterocycles. The van der Waals surface area contributed by atoms with Crippen LogP contribution in [0.15, 0.2) is 48.5 Å². The highest BCUT2D eigenvalue weighted by Crippen LogP contribution is 2.38. The fourth-order valence-electron chi connectivity index (χ4n) is 3.16. The van der Waals surface area contributed by atoms with Crippen LogP contribution in [0.3, 0.4) is 0 Å². The van der Waals surface area contributed by atoms with E-state index < -0.39 is 11.7 Å². The van der Waals surface area contributed by atoms with Gasteiger partial charge in [-0.3, -0.25) is 0 Å². The highest BCUT2D eigenvalue weighted by molar-refractivity contribution is 5.37. The smallest absolute Gasteiger partial charge is 0.330 e. The molecule has 2 N–H and O–H groups in total. The third-order valence-corrected chi connectivity index (χ3v) is 4.40. The van der Waals surface area contributed by atoms with E-state index in [0.717, 1.165) is 12.0 Å². The third-order valence-electron chi connectivity index (χ3n) is 4.40. The normalized spacial score (nSPS) is 14.5. The highest BCUT2D eigenvalue weighted by Gasteiger charge is 2.31. The lowest BCUT2D eigenvalue weighted by Crippen LogP contribution is -2.15. The Morgan fingerprint density at radius 3 is 2.22 bits per heavy atom. The molecule has 23 heavy (non-hydrogen) atoms. The average molecular weight is 321 g/mol. The SMILES string of the molecule is Cc1cc(C(F)(F)F)ccc1C(C)C(CCN)c1ccccc1. The van der Waals surface area contributed by atoms with E-state index in [1.54, 1.807) is 13.0 Å². The first kappa shape index (κ1) is 17.5. The number of alkyl halides is 3. The summed E-state index contributed by atoms with van der Waals surface area (Å²) in [6, 6.07) is 14.0. The Morgan fingerprint density at radius 1 is 1.04 bits per heavy atom. The number of rotatable bonds is 5. The van der Waals surface area contributed by atoms with Crippen molar-refractivity contribution in [2.45, 2.75) is 38.3 Å². The van der Waals surface area contributed by atoms with Crippen LogP contribution in [0, 0.1) is 6.92 Å². The Kier molecular flexibility index (Phi) is 5.47. The maximum absolute atomic E-state index is 12.8. The van der Waals surface area contributed by atoms with Crippen molar-refractivity contribution >= 4 is 0 Å². The van der Waals surface area contributed by atoms with Crippen LogP contribution < -0.4 is 5.73 Å². The summed E-state index contributed by atoms with van der Waals surface area (Å²) in [5.74, 6) is 0.292. The van der Waals surface area contributed by atoms with Gasteiger partial charge in [-0.05, 0) is 60.5 Å². The van der Waals surface area contributed by atoms with Gasteiger partial charge in [-0.1, -0.05) is 43.3 Å². The minimum Gasteiger partial charge on any atom is -0.330 e. The molecule has 0 fully saturated rings. The van der Waals surface area contributed by atoms with Crippen molar-refractivity contribution in [3.8, 4) is 0 Å². The van der Waals surface area contributed by atoms with Crippen molar-refractivity contribution in [3.63, 3.8) is 0 Å². The highest BCUT2D eigenvalue weighted by atomic mass is 19.4. The molecule has 0 saturated carbocycles. The minimum absolute atomic E-state index is 0.100.